The normalized spacial score (nSPS) is 11.0. The SMILES string of the molecule is Br.Cc1cn2cc(-c3cc4ccc(CO)cc4oc3=O)nc2c(C)n1. The summed E-state index contributed by atoms with van der Waals surface area (Å²) in [5.41, 5.74) is 4.04. The molecule has 0 amide bonds. The van der Waals surface area contributed by atoms with Crippen molar-refractivity contribution >= 4 is 33.6 Å². The van der Waals surface area contributed by atoms with Crippen LogP contribution >= 0.6 is 17.0 Å². The van der Waals surface area contributed by atoms with E-state index in [0.29, 0.717) is 28.1 Å². The minimum atomic E-state index is -0.455. The number of hydrogen-bond donors (Lipinski definition) is 1. The van der Waals surface area contributed by atoms with Gasteiger partial charge in [0.1, 0.15) is 5.58 Å². The minimum Gasteiger partial charge on any atom is -0.422 e. The highest BCUT2D eigenvalue weighted by Gasteiger charge is 2.13. The maximum atomic E-state index is 12.4. The summed E-state index contributed by atoms with van der Waals surface area (Å²) in [4.78, 5) is 21.3. The molecular weight excluding hydrogens is 386 g/mol. The lowest BCUT2D eigenvalue weighted by molar-refractivity contribution is 0.282. The van der Waals surface area contributed by atoms with E-state index in [1.54, 1.807) is 24.4 Å². The molecule has 1 aromatic carbocycles. The van der Waals surface area contributed by atoms with Crippen LogP contribution in [0.15, 0.2) is 45.9 Å². The number of rotatable bonds is 2. The Morgan fingerprint density at radius 1 is 1.16 bits per heavy atom. The molecule has 0 unspecified atom stereocenters. The van der Waals surface area contributed by atoms with Gasteiger partial charge in [0.2, 0.25) is 0 Å². The Bertz CT molecular complexity index is 1150. The predicted molar refractivity (Wildman–Crippen MR) is 100 cm³/mol. The van der Waals surface area contributed by atoms with Gasteiger partial charge in [0.25, 0.3) is 0 Å². The molecule has 0 bridgehead atoms. The second-order valence-corrected chi connectivity index (χ2v) is 5.80. The van der Waals surface area contributed by atoms with Crippen LogP contribution in [0.1, 0.15) is 17.0 Å². The predicted octanol–water partition coefficient (Wildman–Crippen LogP) is 3.19. The summed E-state index contributed by atoms with van der Waals surface area (Å²) >= 11 is 0. The summed E-state index contributed by atoms with van der Waals surface area (Å²) < 4.78 is 7.27. The maximum absolute atomic E-state index is 12.4. The number of benzene rings is 1. The van der Waals surface area contributed by atoms with Gasteiger partial charge in [-0.15, -0.1) is 17.0 Å². The monoisotopic (exact) mass is 401 g/mol. The van der Waals surface area contributed by atoms with Crippen molar-refractivity contribution in [1.29, 1.82) is 0 Å². The van der Waals surface area contributed by atoms with E-state index in [9.17, 15) is 9.90 Å². The van der Waals surface area contributed by atoms with Gasteiger partial charge in [0.05, 0.1) is 29.3 Å². The Labute approximate surface area is 153 Å². The van der Waals surface area contributed by atoms with E-state index < -0.39 is 5.63 Å². The lowest BCUT2D eigenvalue weighted by atomic mass is 10.1. The fourth-order valence-corrected chi connectivity index (χ4v) is 2.87. The Morgan fingerprint density at radius 3 is 2.72 bits per heavy atom. The van der Waals surface area contributed by atoms with Crippen molar-refractivity contribution in [2.24, 2.45) is 0 Å². The first-order valence-corrected chi connectivity index (χ1v) is 7.56. The topological polar surface area (TPSA) is 80.6 Å². The third-order valence-corrected chi connectivity index (χ3v) is 3.98. The van der Waals surface area contributed by atoms with Gasteiger partial charge in [-0.1, -0.05) is 12.1 Å². The summed E-state index contributed by atoms with van der Waals surface area (Å²) in [6, 6.07) is 7.05. The summed E-state index contributed by atoms with van der Waals surface area (Å²) in [5, 5.41) is 9.97. The Balaban J connectivity index is 0.00000182. The summed E-state index contributed by atoms with van der Waals surface area (Å²) in [7, 11) is 0. The highest BCUT2D eigenvalue weighted by atomic mass is 79.9. The van der Waals surface area contributed by atoms with E-state index in [1.807, 2.05) is 30.5 Å². The third-order valence-electron chi connectivity index (χ3n) is 3.98. The smallest absolute Gasteiger partial charge is 0.345 e. The summed E-state index contributed by atoms with van der Waals surface area (Å²) in [6.07, 6.45) is 3.67. The van der Waals surface area contributed by atoms with Crippen molar-refractivity contribution < 1.29 is 9.52 Å². The van der Waals surface area contributed by atoms with Crippen molar-refractivity contribution in [2.45, 2.75) is 20.5 Å². The van der Waals surface area contributed by atoms with Gasteiger partial charge >= 0.3 is 5.63 Å². The van der Waals surface area contributed by atoms with Crippen LogP contribution in [0.3, 0.4) is 0 Å². The first kappa shape index (κ1) is 17.3. The molecule has 128 valence electrons. The Kier molecular flexibility index (Phi) is 4.45. The van der Waals surface area contributed by atoms with Crippen LogP contribution < -0.4 is 5.63 Å². The second kappa shape index (κ2) is 6.42. The molecule has 25 heavy (non-hydrogen) atoms. The Hall–Kier alpha value is -2.51. The molecule has 4 aromatic rings. The first-order valence-electron chi connectivity index (χ1n) is 7.56. The van der Waals surface area contributed by atoms with Crippen molar-refractivity contribution in [2.75, 3.05) is 0 Å². The molecule has 7 heteroatoms. The molecule has 4 rings (SSSR count). The number of aromatic nitrogens is 3. The van der Waals surface area contributed by atoms with E-state index in [1.165, 1.54) is 0 Å². The lowest BCUT2D eigenvalue weighted by Gasteiger charge is -2.01. The molecule has 3 heterocycles. The molecule has 3 aromatic heterocycles. The van der Waals surface area contributed by atoms with E-state index in [-0.39, 0.29) is 23.6 Å². The fourth-order valence-electron chi connectivity index (χ4n) is 2.87. The van der Waals surface area contributed by atoms with Crippen LogP contribution in [0.4, 0.5) is 0 Å². The third kappa shape index (κ3) is 2.96. The molecule has 0 atom stereocenters. The molecule has 0 spiro atoms. The van der Waals surface area contributed by atoms with Crippen molar-refractivity contribution in [1.82, 2.24) is 14.4 Å². The quantitative estimate of drug-likeness (QED) is 0.521. The van der Waals surface area contributed by atoms with Crippen molar-refractivity contribution in [3.63, 3.8) is 0 Å². The van der Waals surface area contributed by atoms with E-state index >= 15 is 0 Å². The molecule has 0 saturated heterocycles. The minimum absolute atomic E-state index is 0. The van der Waals surface area contributed by atoms with Crippen molar-refractivity contribution in [3.05, 3.63) is 64.0 Å². The summed E-state index contributed by atoms with van der Waals surface area (Å²) in [5.74, 6) is 0. The molecule has 1 N–H and O–H groups in total. The second-order valence-electron chi connectivity index (χ2n) is 5.80. The Morgan fingerprint density at radius 2 is 1.96 bits per heavy atom. The van der Waals surface area contributed by atoms with E-state index in [0.717, 1.165) is 16.8 Å². The lowest BCUT2D eigenvalue weighted by Crippen LogP contribution is -2.03. The molecule has 0 aliphatic carbocycles. The van der Waals surface area contributed by atoms with Gasteiger partial charge in [-0.25, -0.2) is 9.78 Å². The van der Waals surface area contributed by atoms with Gasteiger partial charge in [0, 0.05) is 17.8 Å². The maximum Gasteiger partial charge on any atom is 0.345 e. The molecule has 0 aliphatic rings. The average molecular weight is 402 g/mol. The molecule has 0 fully saturated rings. The zero-order valence-corrected chi connectivity index (χ0v) is 15.4. The molecule has 6 nitrogen and oxygen atoms in total. The van der Waals surface area contributed by atoms with Gasteiger partial charge in [-0.2, -0.15) is 0 Å². The van der Waals surface area contributed by atoms with E-state index in [4.69, 9.17) is 4.42 Å². The summed E-state index contributed by atoms with van der Waals surface area (Å²) in [6.45, 7) is 3.70. The fraction of sp³-hybridized carbons (Fsp3) is 0.167. The number of halogens is 1. The first-order chi connectivity index (χ1) is 11.5. The van der Waals surface area contributed by atoms with Gasteiger partial charge in [0.15, 0.2) is 5.65 Å². The van der Waals surface area contributed by atoms with Crippen LogP contribution in [0, 0.1) is 13.8 Å². The van der Waals surface area contributed by atoms with Gasteiger partial charge in [-0.05, 0) is 31.5 Å². The van der Waals surface area contributed by atoms with Crippen LogP contribution in [-0.2, 0) is 6.61 Å². The number of hydrogen-bond acceptors (Lipinski definition) is 5. The van der Waals surface area contributed by atoms with Gasteiger partial charge < -0.3 is 13.9 Å². The van der Waals surface area contributed by atoms with Gasteiger partial charge in [-0.3, -0.25) is 4.98 Å². The number of aryl methyl sites for hydroxylation is 2. The molecule has 0 radical (unpaired) electrons. The largest absolute Gasteiger partial charge is 0.422 e. The average Bonchev–Trinajstić information content (AvgIpc) is 2.97. The molecule has 0 saturated carbocycles. The van der Waals surface area contributed by atoms with Crippen LogP contribution in [0.2, 0.25) is 0 Å². The van der Waals surface area contributed by atoms with Crippen LogP contribution in [-0.4, -0.2) is 19.5 Å². The number of aliphatic hydroxyl groups is 1. The van der Waals surface area contributed by atoms with Crippen molar-refractivity contribution in [3.8, 4) is 11.3 Å². The molecular formula is C18H16BrN3O3. The number of aliphatic hydroxyl groups excluding tert-OH is 1. The molecule has 0 aliphatic heterocycles. The number of fused-ring (bicyclic) bond motifs is 2. The number of imidazole rings is 1. The number of nitrogens with zero attached hydrogens (tertiary/aromatic N) is 3. The zero-order valence-electron chi connectivity index (χ0n) is 13.7. The highest BCUT2D eigenvalue weighted by molar-refractivity contribution is 8.93. The highest BCUT2D eigenvalue weighted by Crippen LogP contribution is 2.22. The zero-order chi connectivity index (χ0) is 16.8. The standard InChI is InChI=1S/C18H15N3O3.BrH/c1-10-7-21-8-15(20-17(21)11(2)19-10)14-6-13-4-3-12(9-22)5-16(13)24-18(14)23;/h3-8,22H,9H2,1-2H3;1H. The van der Waals surface area contributed by atoms with E-state index in [2.05, 4.69) is 9.97 Å². The van der Waals surface area contributed by atoms with Crippen LogP contribution in [0.25, 0.3) is 27.9 Å². The van der Waals surface area contributed by atoms with Crippen LogP contribution in [0.5, 0.6) is 0 Å².